The Morgan fingerprint density at radius 2 is 2.00 bits per heavy atom. The van der Waals surface area contributed by atoms with Crippen LogP contribution in [0, 0.1) is 6.92 Å². The fourth-order valence-electron chi connectivity index (χ4n) is 2.46. The molecule has 1 aliphatic rings. The molecule has 1 heterocycles. The quantitative estimate of drug-likeness (QED) is 0.781. The van der Waals surface area contributed by atoms with Crippen LogP contribution in [0.3, 0.4) is 0 Å². The smallest absolute Gasteiger partial charge is 0.0993 e. The van der Waals surface area contributed by atoms with Gasteiger partial charge in [0.1, 0.15) is 0 Å². The molecule has 2 N–H and O–H groups in total. The first-order valence-corrected chi connectivity index (χ1v) is 6.42. The number of rotatable bonds is 2. The molecule has 1 aromatic rings. The average Bonchev–Trinajstić information content (AvgIpc) is 2.52. The Bertz CT molecular complexity index is 430. The highest BCUT2D eigenvalue weighted by molar-refractivity contribution is 5.28. The van der Waals surface area contributed by atoms with Crippen molar-refractivity contribution in [3.8, 4) is 0 Å². The van der Waals surface area contributed by atoms with Crippen LogP contribution in [0.25, 0.3) is 0 Å². The average molecular weight is 247 g/mol. The van der Waals surface area contributed by atoms with Gasteiger partial charge in [0.25, 0.3) is 0 Å². The van der Waals surface area contributed by atoms with Crippen LogP contribution < -0.4 is 0 Å². The maximum absolute atomic E-state index is 9.85. The molecular formula is C15H21NO2. The van der Waals surface area contributed by atoms with Gasteiger partial charge in [-0.05, 0) is 25.0 Å². The van der Waals surface area contributed by atoms with Crippen LogP contribution in [0.2, 0.25) is 0 Å². The predicted octanol–water partition coefficient (Wildman–Crippen LogP) is 1.65. The fourth-order valence-corrected chi connectivity index (χ4v) is 2.46. The topological polar surface area (TPSA) is 43.7 Å². The molecule has 0 aliphatic carbocycles. The maximum atomic E-state index is 9.85. The molecule has 1 aliphatic heterocycles. The van der Waals surface area contributed by atoms with Crippen LogP contribution in [0.1, 0.15) is 24.1 Å². The van der Waals surface area contributed by atoms with Gasteiger partial charge in [-0.15, -0.1) is 0 Å². The van der Waals surface area contributed by atoms with Crippen LogP contribution in [-0.2, 0) is 0 Å². The lowest BCUT2D eigenvalue weighted by molar-refractivity contribution is 0.0215. The van der Waals surface area contributed by atoms with E-state index < -0.39 is 12.2 Å². The zero-order valence-corrected chi connectivity index (χ0v) is 11.0. The second kappa shape index (κ2) is 5.65. The Hall–Kier alpha value is -1.16. The zero-order chi connectivity index (χ0) is 13.1. The molecule has 0 bridgehead atoms. The molecule has 0 amide bonds. The monoisotopic (exact) mass is 247 g/mol. The lowest BCUT2D eigenvalue weighted by atomic mass is 10.0. The van der Waals surface area contributed by atoms with E-state index >= 15 is 0 Å². The van der Waals surface area contributed by atoms with E-state index in [-0.39, 0.29) is 6.04 Å². The highest BCUT2D eigenvalue weighted by Gasteiger charge is 2.24. The molecule has 0 spiro atoms. The Labute approximate surface area is 108 Å². The molecule has 0 saturated carbocycles. The number of benzene rings is 1. The van der Waals surface area contributed by atoms with E-state index in [1.54, 1.807) is 6.08 Å². The normalized spacial score (nSPS) is 26.9. The molecule has 0 unspecified atom stereocenters. The molecule has 98 valence electrons. The van der Waals surface area contributed by atoms with Gasteiger partial charge in [0.2, 0.25) is 0 Å². The Morgan fingerprint density at radius 1 is 1.28 bits per heavy atom. The summed E-state index contributed by atoms with van der Waals surface area (Å²) >= 11 is 0. The van der Waals surface area contributed by atoms with Gasteiger partial charge in [0.15, 0.2) is 0 Å². The van der Waals surface area contributed by atoms with E-state index in [1.165, 1.54) is 11.1 Å². The highest BCUT2D eigenvalue weighted by atomic mass is 16.3. The molecule has 2 rings (SSSR count). The second-order valence-electron chi connectivity index (χ2n) is 4.97. The largest absolute Gasteiger partial charge is 0.389 e. The van der Waals surface area contributed by atoms with Crippen molar-refractivity contribution in [1.29, 1.82) is 0 Å². The summed E-state index contributed by atoms with van der Waals surface area (Å²) in [5.74, 6) is 0. The summed E-state index contributed by atoms with van der Waals surface area (Å²) in [7, 11) is 0. The zero-order valence-electron chi connectivity index (χ0n) is 11.0. The highest BCUT2D eigenvalue weighted by Crippen LogP contribution is 2.24. The lowest BCUT2D eigenvalue weighted by Crippen LogP contribution is -2.38. The van der Waals surface area contributed by atoms with Crippen LogP contribution >= 0.6 is 0 Å². The van der Waals surface area contributed by atoms with Crippen molar-refractivity contribution in [3.63, 3.8) is 0 Å². The van der Waals surface area contributed by atoms with Gasteiger partial charge in [0.05, 0.1) is 12.2 Å². The lowest BCUT2D eigenvalue weighted by Gasteiger charge is -2.30. The number of nitrogens with zero attached hydrogens (tertiary/aromatic N) is 1. The van der Waals surface area contributed by atoms with E-state index in [1.807, 2.05) is 18.2 Å². The van der Waals surface area contributed by atoms with Gasteiger partial charge >= 0.3 is 0 Å². The van der Waals surface area contributed by atoms with Crippen molar-refractivity contribution in [2.24, 2.45) is 0 Å². The standard InChI is InChI=1S/C15H21NO2/c1-11-6-3-4-7-13(11)12(2)16-9-5-8-14(17)15(18)10-16/h3-8,12,14-15,17-18H,9-10H2,1-2H3/t12-,14+,15+/m1/s1. The van der Waals surface area contributed by atoms with Gasteiger partial charge in [-0.2, -0.15) is 0 Å². The van der Waals surface area contributed by atoms with Crippen molar-refractivity contribution >= 4 is 0 Å². The molecule has 0 saturated heterocycles. The summed E-state index contributed by atoms with van der Waals surface area (Å²) in [6.07, 6.45) is 2.14. The summed E-state index contributed by atoms with van der Waals surface area (Å²) < 4.78 is 0. The maximum Gasteiger partial charge on any atom is 0.0993 e. The van der Waals surface area contributed by atoms with E-state index in [4.69, 9.17) is 0 Å². The van der Waals surface area contributed by atoms with Crippen molar-refractivity contribution in [2.45, 2.75) is 32.1 Å². The van der Waals surface area contributed by atoms with Crippen molar-refractivity contribution in [2.75, 3.05) is 13.1 Å². The third kappa shape index (κ3) is 2.80. The van der Waals surface area contributed by atoms with Crippen molar-refractivity contribution in [3.05, 3.63) is 47.5 Å². The molecule has 0 radical (unpaired) electrons. The second-order valence-corrected chi connectivity index (χ2v) is 4.97. The number of β-amino-alcohol motifs (C(OH)–C–C–N with tert-alkyl or cyclic N) is 1. The summed E-state index contributed by atoms with van der Waals surface area (Å²) in [4.78, 5) is 2.18. The number of aliphatic hydroxyl groups is 2. The molecule has 3 atom stereocenters. The summed E-state index contributed by atoms with van der Waals surface area (Å²) in [5, 5.41) is 19.5. The first-order chi connectivity index (χ1) is 8.59. The molecule has 0 aromatic heterocycles. The number of aliphatic hydroxyl groups excluding tert-OH is 2. The van der Waals surface area contributed by atoms with Crippen LogP contribution in [0.4, 0.5) is 0 Å². The van der Waals surface area contributed by atoms with Crippen molar-refractivity contribution < 1.29 is 10.2 Å². The minimum Gasteiger partial charge on any atom is -0.389 e. The molecule has 3 nitrogen and oxygen atoms in total. The summed E-state index contributed by atoms with van der Waals surface area (Å²) in [6.45, 7) is 5.48. The molecule has 3 heteroatoms. The van der Waals surface area contributed by atoms with Crippen LogP contribution in [0.5, 0.6) is 0 Å². The third-order valence-corrected chi connectivity index (χ3v) is 3.68. The molecule has 0 fully saturated rings. The van der Waals surface area contributed by atoms with Crippen LogP contribution in [-0.4, -0.2) is 40.4 Å². The van der Waals surface area contributed by atoms with Gasteiger partial charge in [-0.25, -0.2) is 0 Å². The minimum atomic E-state index is -0.751. The van der Waals surface area contributed by atoms with Gasteiger partial charge < -0.3 is 10.2 Å². The minimum absolute atomic E-state index is 0.232. The molecule has 1 aromatic carbocycles. The Balaban J connectivity index is 2.17. The first kappa shape index (κ1) is 13.3. The van der Waals surface area contributed by atoms with E-state index in [0.29, 0.717) is 6.54 Å². The van der Waals surface area contributed by atoms with Gasteiger partial charge in [0, 0.05) is 19.1 Å². The van der Waals surface area contributed by atoms with Gasteiger partial charge in [-0.1, -0.05) is 36.4 Å². The third-order valence-electron chi connectivity index (χ3n) is 3.68. The number of aryl methyl sites for hydroxylation is 1. The Morgan fingerprint density at radius 3 is 2.72 bits per heavy atom. The van der Waals surface area contributed by atoms with Gasteiger partial charge in [-0.3, -0.25) is 4.90 Å². The van der Waals surface area contributed by atoms with Crippen molar-refractivity contribution in [1.82, 2.24) is 4.90 Å². The Kier molecular flexibility index (Phi) is 4.17. The molecule has 18 heavy (non-hydrogen) atoms. The van der Waals surface area contributed by atoms with Crippen LogP contribution in [0.15, 0.2) is 36.4 Å². The predicted molar refractivity (Wildman–Crippen MR) is 72.3 cm³/mol. The molecular weight excluding hydrogens is 226 g/mol. The SMILES string of the molecule is Cc1ccccc1[C@@H](C)N1CC=C[C@H](O)[C@@H](O)C1. The summed E-state index contributed by atoms with van der Waals surface area (Å²) in [6, 6.07) is 8.53. The van der Waals surface area contributed by atoms with E-state index in [0.717, 1.165) is 6.54 Å². The number of hydrogen-bond donors (Lipinski definition) is 2. The van der Waals surface area contributed by atoms with E-state index in [9.17, 15) is 10.2 Å². The van der Waals surface area contributed by atoms with E-state index in [2.05, 4.69) is 30.9 Å². The summed E-state index contributed by atoms with van der Waals surface area (Å²) in [5.41, 5.74) is 2.53. The fraction of sp³-hybridized carbons (Fsp3) is 0.467. The first-order valence-electron chi connectivity index (χ1n) is 6.42. The number of hydrogen-bond acceptors (Lipinski definition) is 3.